The van der Waals surface area contributed by atoms with Gasteiger partial charge in [-0.15, -0.1) is 6.58 Å². The summed E-state index contributed by atoms with van der Waals surface area (Å²) in [5, 5.41) is 7.65. The summed E-state index contributed by atoms with van der Waals surface area (Å²) in [7, 11) is -0.632. The van der Waals surface area contributed by atoms with E-state index >= 15 is 0 Å². The number of nitrogens with zero attached hydrogens (tertiary/aromatic N) is 6. The smallest absolute Gasteiger partial charge is 0.410 e. The summed E-state index contributed by atoms with van der Waals surface area (Å²) in [5.41, 5.74) is 0.181. The molecule has 3 aliphatic heterocycles. The third-order valence-corrected chi connectivity index (χ3v) is 13.3. The van der Waals surface area contributed by atoms with Gasteiger partial charge in [0.1, 0.15) is 24.2 Å². The van der Waals surface area contributed by atoms with Crippen molar-refractivity contribution in [3.05, 3.63) is 77.9 Å². The van der Waals surface area contributed by atoms with Gasteiger partial charge in [-0.05, 0) is 49.3 Å². The van der Waals surface area contributed by atoms with E-state index in [2.05, 4.69) is 26.7 Å². The molecule has 2 unspecified atom stereocenters. The molecular formula is C40H48N8O8S. The second-order valence-corrected chi connectivity index (χ2v) is 17.7. The number of sulfonamides is 1. The monoisotopic (exact) mass is 800 g/mol. The molecule has 0 radical (unpaired) electrons. The first-order chi connectivity index (χ1) is 27.2. The SMILES string of the molecule is C=CC1CC1(NC(=O)[C@@H]1C[C@@H]2CN1C(=O)[C@H](C(C)C)N(C)C(=O)OC/C=C/CCN(C)c1cnn2c(=O)c1-c1ccc2cccnc2c1)C(=O)NS(=O)(=O)C1CC1. The normalized spacial score (nSPS) is 26.2. The maximum atomic E-state index is 14.8. The second kappa shape index (κ2) is 15.4. The first-order valence-corrected chi connectivity index (χ1v) is 20.7. The third-order valence-electron chi connectivity index (χ3n) is 11.4. The van der Waals surface area contributed by atoms with Gasteiger partial charge < -0.3 is 19.9 Å². The van der Waals surface area contributed by atoms with Crippen LogP contribution in [-0.2, 0) is 29.1 Å². The zero-order valence-corrected chi connectivity index (χ0v) is 33.3. The Balaban J connectivity index is 1.31. The van der Waals surface area contributed by atoms with Crippen molar-refractivity contribution < 1.29 is 32.3 Å². The number of pyridine rings is 1. The van der Waals surface area contributed by atoms with Crippen molar-refractivity contribution in [3.8, 4) is 11.1 Å². The summed E-state index contributed by atoms with van der Waals surface area (Å²) in [6, 6.07) is 6.23. The molecule has 0 spiro atoms. The van der Waals surface area contributed by atoms with Crippen LogP contribution < -0.4 is 20.5 Å². The van der Waals surface area contributed by atoms with E-state index in [-0.39, 0.29) is 26.0 Å². The number of ether oxygens (including phenoxy) is 1. The van der Waals surface area contributed by atoms with Gasteiger partial charge in [0.2, 0.25) is 21.8 Å². The van der Waals surface area contributed by atoms with E-state index in [4.69, 9.17) is 4.74 Å². The third kappa shape index (κ3) is 7.64. The fourth-order valence-corrected chi connectivity index (χ4v) is 9.34. The number of hydrogen-bond donors (Lipinski definition) is 2. The van der Waals surface area contributed by atoms with Gasteiger partial charge in [0.15, 0.2) is 0 Å². The van der Waals surface area contributed by atoms with E-state index in [1.54, 1.807) is 32.3 Å². The van der Waals surface area contributed by atoms with Crippen molar-refractivity contribution in [2.45, 2.75) is 74.9 Å². The molecule has 2 aromatic heterocycles. The Kier molecular flexibility index (Phi) is 10.7. The molecule has 1 aromatic carbocycles. The Bertz CT molecular complexity index is 2320. The molecule has 1 saturated heterocycles. The van der Waals surface area contributed by atoms with E-state index in [1.807, 2.05) is 48.4 Å². The lowest BCUT2D eigenvalue weighted by molar-refractivity contribution is -0.144. The van der Waals surface area contributed by atoms with E-state index in [0.29, 0.717) is 48.1 Å². The quantitative estimate of drug-likeness (QED) is 0.319. The standard InChI is InChI=1S/C40H48N8O8S/c1-6-27-21-40(27,38(52)44-57(54,55)29-14-15-29)43-35(49)31-20-28-23-47(31)37(51)34(24(2)3)46(5)39(53)56-18-9-7-8-17-45(4)32-22-42-48(28)36(50)33(32)26-13-12-25-11-10-16-41-30(25)19-26/h6-7,9-13,16,19,22,24,27-29,31,34H,1,8,14-15,17-18,20-21,23H2,2-5H3,(H,43,49)(H,44,52)/b9-7+/t27?,28-,31+,34+,40?/m1/s1. The van der Waals surface area contributed by atoms with Crippen LogP contribution in [-0.4, -0.2) is 113 Å². The van der Waals surface area contributed by atoms with E-state index in [9.17, 15) is 32.4 Å². The van der Waals surface area contributed by atoms with Crippen LogP contribution in [0.5, 0.6) is 0 Å². The number of likely N-dealkylation sites (N-methyl/N-ethyl adjacent to an activating group) is 1. The van der Waals surface area contributed by atoms with Gasteiger partial charge in [0.05, 0.1) is 34.3 Å². The molecule has 3 fully saturated rings. The largest absolute Gasteiger partial charge is 0.445 e. The van der Waals surface area contributed by atoms with Gasteiger partial charge in [-0.1, -0.05) is 50.3 Å². The zero-order chi connectivity index (χ0) is 40.8. The molecule has 17 heteroatoms. The van der Waals surface area contributed by atoms with Crippen molar-refractivity contribution in [2.75, 3.05) is 38.7 Å². The molecule has 2 aliphatic carbocycles. The zero-order valence-electron chi connectivity index (χ0n) is 32.5. The number of rotatable bonds is 8. The number of fused-ring (bicyclic) bond motifs is 12. The minimum atomic E-state index is -3.94. The predicted molar refractivity (Wildman–Crippen MR) is 212 cm³/mol. The number of carbonyl (C=O) groups is 4. The molecule has 2 N–H and O–H groups in total. The highest BCUT2D eigenvalue weighted by atomic mass is 32.2. The van der Waals surface area contributed by atoms with Gasteiger partial charge in [-0.25, -0.2) is 17.9 Å². The molecule has 57 heavy (non-hydrogen) atoms. The summed E-state index contributed by atoms with van der Waals surface area (Å²) in [6.45, 7) is 7.65. The highest BCUT2D eigenvalue weighted by Crippen LogP contribution is 2.46. The van der Waals surface area contributed by atoms with Crippen molar-refractivity contribution in [3.63, 3.8) is 0 Å². The van der Waals surface area contributed by atoms with Gasteiger partial charge in [0.25, 0.3) is 11.5 Å². The highest BCUT2D eigenvalue weighted by Gasteiger charge is 2.62. The molecule has 302 valence electrons. The fourth-order valence-electron chi connectivity index (χ4n) is 7.98. The summed E-state index contributed by atoms with van der Waals surface area (Å²) in [4.78, 5) is 79.8. The van der Waals surface area contributed by atoms with Gasteiger partial charge in [-0.2, -0.15) is 5.10 Å². The van der Waals surface area contributed by atoms with E-state index in [1.165, 1.54) is 27.6 Å². The lowest BCUT2D eigenvalue weighted by Crippen LogP contribution is -2.59. The Hall–Kier alpha value is -5.58. The van der Waals surface area contributed by atoms with Crippen LogP contribution in [0.3, 0.4) is 0 Å². The Morgan fingerprint density at radius 3 is 2.58 bits per heavy atom. The minimum Gasteiger partial charge on any atom is -0.445 e. The Morgan fingerprint density at radius 2 is 1.88 bits per heavy atom. The molecule has 8 rings (SSSR count). The lowest BCUT2D eigenvalue weighted by Gasteiger charge is -2.35. The molecule has 5 atom stereocenters. The fraction of sp³-hybridized carbons (Fsp3) is 0.475. The van der Waals surface area contributed by atoms with Crippen LogP contribution >= 0.6 is 0 Å². The first kappa shape index (κ1) is 39.6. The molecular weight excluding hydrogens is 753 g/mol. The Labute approximate surface area is 331 Å². The maximum absolute atomic E-state index is 14.8. The van der Waals surface area contributed by atoms with Crippen molar-refractivity contribution in [1.29, 1.82) is 0 Å². The molecule has 5 aliphatic rings. The van der Waals surface area contributed by atoms with Crippen LogP contribution in [0.15, 0.2) is 72.3 Å². The molecule has 3 aromatic rings. The molecule has 16 nitrogen and oxygen atoms in total. The van der Waals surface area contributed by atoms with Crippen LogP contribution in [0.25, 0.3) is 22.0 Å². The summed E-state index contributed by atoms with van der Waals surface area (Å²) in [6.07, 6.45) is 9.09. The van der Waals surface area contributed by atoms with Gasteiger partial charge in [-0.3, -0.25) is 33.8 Å². The van der Waals surface area contributed by atoms with Crippen molar-refractivity contribution in [2.24, 2.45) is 11.8 Å². The summed E-state index contributed by atoms with van der Waals surface area (Å²) in [5.74, 6) is -3.16. The van der Waals surface area contributed by atoms with Crippen LogP contribution in [0.1, 0.15) is 52.0 Å². The number of aromatic nitrogens is 3. The van der Waals surface area contributed by atoms with Crippen molar-refractivity contribution >= 4 is 50.4 Å². The second-order valence-electron chi connectivity index (χ2n) is 15.7. The first-order valence-electron chi connectivity index (χ1n) is 19.2. The maximum Gasteiger partial charge on any atom is 0.410 e. The van der Waals surface area contributed by atoms with Crippen molar-refractivity contribution in [1.82, 2.24) is 34.6 Å². The summed E-state index contributed by atoms with van der Waals surface area (Å²) < 4.78 is 34.5. The Morgan fingerprint density at radius 1 is 1.11 bits per heavy atom. The molecule has 4 bridgehead atoms. The average Bonchev–Trinajstić information content (AvgIpc) is 4.11. The number of nitrogens with one attached hydrogen (secondary N) is 2. The minimum absolute atomic E-state index is 0.0409. The topological polar surface area (TPSA) is 193 Å². The summed E-state index contributed by atoms with van der Waals surface area (Å²) >= 11 is 0. The van der Waals surface area contributed by atoms with Gasteiger partial charge in [0, 0.05) is 51.1 Å². The van der Waals surface area contributed by atoms with Crippen LogP contribution in [0, 0.1) is 11.8 Å². The molecule has 4 amide bonds. The van der Waals surface area contributed by atoms with E-state index in [0.717, 1.165) is 5.39 Å². The van der Waals surface area contributed by atoms with E-state index < -0.39 is 80.1 Å². The number of benzene rings is 1. The number of hydrogen-bond acceptors (Lipinski definition) is 11. The predicted octanol–water partition coefficient (Wildman–Crippen LogP) is 2.76. The number of anilines is 1. The van der Waals surface area contributed by atoms with Gasteiger partial charge >= 0.3 is 6.09 Å². The highest BCUT2D eigenvalue weighted by molar-refractivity contribution is 7.91. The molecule has 5 heterocycles. The average molecular weight is 801 g/mol. The van der Waals surface area contributed by atoms with Crippen LogP contribution in [0.4, 0.5) is 10.5 Å². The lowest BCUT2D eigenvalue weighted by atomic mass is 10.0. The number of carbonyl (C=O) groups excluding carboxylic acids is 4. The number of amides is 4. The molecule has 2 saturated carbocycles. The van der Waals surface area contributed by atoms with Crippen LogP contribution in [0.2, 0.25) is 0 Å².